The van der Waals surface area contributed by atoms with E-state index < -0.39 is 0 Å². The van der Waals surface area contributed by atoms with Crippen molar-refractivity contribution in [1.82, 2.24) is 0 Å². The second kappa shape index (κ2) is 9.44. The molecular weight excluding hydrogens is 312 g/mol. The Bertz CT molecular complexity index is 764. The molecule has 1 aliphatic rings. The minimum Gasteiger partial charge on any atom is -0.0917 e. The molecule has 0 heterocycles. The van der Waals surface area contributed by atoms with E-state index in [1.807, 2.05) is 0 Å². The van der Waals surface area contributed by atoms with E-state index in [2.05, 4.69) is 86.4 Å². The van der Waals surface area contributed by atoms with E-state index in [4.69, 9.17) is 0 Å². The Morgan fingerprint density at radius 2 is 1.46 bits per heavy atom. The summed E-state index contributed by atoms with van der Waals surface area (Å²) in [4.78, 5) is 0. The Balaban J connectivity index is 0.00000261. The lowest BCUT2D eigenvalue weighted by atomic mass is 9.77. The lowest BCUT2D eigenvalue weighted by Crippen LogP contribution is -2.13. The first-order chi connectivity index (χ1) is 12.7. The van der Waals surface area contributed by atoms with Gasteiger partial charge in [0.1, 0.15) is 0 Å². The molecule has 0 spiro atoms. The number of aryl methyl sites for hydroxylation is 1. The molecule has 0 unspecified atom stereocenters. The summed E-state index contributed by atoms with van der Waals surface area (Å²) in [5.74, 6) is 8.23. The number of allylic oxidation sites excluding steroid dienone is 2. The zero-order valence-electron chi connectivity index (χ0n) is 16.2. The van der Waals surface area contributed by atoms with E-state index in [1.165, 1.54) is 49.7 Å². The molecule has 1 saturated carbocycles. The highest BCUT2D eigenvalue weighted by molar-refractivity contribution is 5.44. The second-order valence-corrected chi connectivity index (χ2v) is 7.60. The Morgan fingerprint density at radius 1 is 0.885 bits per heavy atom. The minimum atomic E-state index is 0. The summed E-state index contributed by atoms with van der Waals surface area (Å²) in [6.45, 7) is 4.22. The first kappa shape index (κ1) is 18.5. The summed E-state index contributed by atoms with van der Waals surface area (Å²) in [5.41, 5.74) is 4.96. The Labute approximate surface area is 160 Å². The third-order valence-electron chi connectivity index (χ3n) is 5.61. The van der Waals surface area contributed by atoms with Crippen LogP contribution in [-0.4, -0.2) is 0 Å². The summed E-state index contributed by atoms with van der Waals surface area (Å²) < 4.78 is 0. The molecule has 0 bridgehead atoms. The van der Waals surface area contributed by atoms with Crippen molar-refractivity contribution in [1.29, 1.82) is 0 Å². The van der Waals surface area contributed by atoms with Crippen LogP contribution in [0.1, 0.15) is 75.0 Å². The lowest BCUT2D eigenvalue weighted by molar-refractivity contribution is 0.312. The van der Waals surface area contributed by atoms with E-state index in [1.54, 1.807) is 0 Å². The number of hydrogen-bond acceptors (Lipinski definition) is 0. The topological polar surface area (TPSA) is 0 Å². The summed E-state index contributed by atoms with van der Waals surface area (Å²) in [5, 5.41) is 0. The van der Waals surface area contributed by atoms with Crippen LogP contribution in [0, 0.1) is 24.7 Å². The van der Waals surface area contributed by atoms with Crippen molar-refractivity contribution in [2.75, 3.05) is 0 Å². The van der Waals surface area contributed by atoms with Crippen molar-refractivity contribution >= 4 is 0 Å². The van der Waals surface area contributed by atoms with Gasteiger partial charge < -0.3 is 0 Å². The first-order valence-corrected chi connectivity index (χ1v) is 10.0. The molecule has 0 atom stereocenters. The van der Waals surface area contributed by atoms with Gasteiger partial charge in [-0.2, -0.15) is 0 Å². The molecular formula is C26H32. The molecule has 2 aromatic carbocycles. The number of hydrogen-bond donors (Lipinski definition) is 0. The molecule has 1 aliphatic carbocycles. The predicted octanol–water partition coefficient (Wildman–Crippen LogP) is 7.27. The molecule has 0 N–H and O–H groups in total. The van der Waals surface area contributed by atoms with Gasteiger partial charge in [-0.1, -0.05) is 53.8 Å². The van der Waals surface area contributed by atoms with Crippen LogP contribution in [0.4, 0.5) is 0 Å². The van der Waals surface area contributed by atoms with Gasteiger partial charge in [-0.25, -0.2) is 0 Å². The van der Waals surface area contributed by atoms with E-state index in [0.717, 1.165) is 23.0 Å². The average Bonchev–Trinajstić information content (AvgIpc) is 2.69. The molecule has 2 aromatic rings. The Morgan fingerprint density at radius 3 is 2.04 bits per heavy atom. The largest absolute Gasteiger partial charge is 0.0917 e. The fourth-order valence-electron chi connectivity index (χ4n) is 3.90. The van der Waals surface area contributed by atoms with E-state index >= 15 is 0 Å². The number of benzene rings is 2. The lowest BCUT2D eigenvalue weighted by Gasteiger charge is -2.28. The van der Waals surface area contributed by atoms with Crippen LogP contribution in [0.25, 0.3) is 0 Å². The van der Waals surface area contributed by atoms with Gasteiger partial charge in [0, 0.05) is 12.6 Å². The van der Waals surface area contributed by atoms with Gasteiger partial charge in [-0.15, -0.1) is 0 Å². The van der Waals surface area contributed by atoms with Gasteiger partial charge >= 0.3 is 0 Å². The van der Waals surface area contributed by atoms with Gasteiger partial charge in [0.15, 0.2) is 0 Å². The van der Waals surface area contributed by atoms with Crippen molar-refractivity contribution in [3.63, 3.8) is 0 Å². The molecule has 0 amide bonds. The number of rotatable bonds is 4. The molecule has 26 heavy (non-hydrogen) atoms. The zero-order valence-corrected chi connectivity index (χ0v) is 16.2. The van der Waals surface area contributed by atoms with Gasteiger partial charge in [0.2, 0.25) is 0 Å². The fourth-order valence-corrected chi connectivity index (χ4v) is 3.90. The van der Waals surface area contributed by atoms with E-state index in [9.17, 15) is 0 Å². The zero-order chi connectivity index (χ0) is 18.2. The summed E-state index contributed by atoms with van der Waals surface area (Å²) in [7, 11) is 0. The smallest absolute Gasteiger partial charge is 0.0249 e. The molecule has 0 saturated heterocycles. The quantitative estimate of drug-likeness (QED) is 0.404. The molecule has 0 aromatic heterocycles. The second-order valence-electron chi connectivity index (χ2n) is 7.60. The predicted molar refractivity (Wildman–Crippen MR) is 114 cm³/mol. The normalized spacial score (nSPS) is 19.9. The first-order valence-electron chi connectivity index (χ1n) is 10.0. The van der Waals surface area contributed by atoms with Crippen molar-refractivity contribution < 1.29 is 1.43 Å². The maximum absolute atomic E-state index is 3.29. The van der Waals surface area contributed by atoms with Crippen LogP contribution in [0.15, 0.2) is 60.7 Å². The molecule has 3 rings (SSSR count). The van der Waals surface area contributed by atoms with Crippen LogP contribution in [0.5, 0.6) is 0 Å². The maximum atomic E-state index is 3.29. The summed E-state index contributed by atoms with van der Waals surface area (Å²) >= 11 is 0. The molecule has 0 aliphatic heterocycles. The highest BCUT2D eigenvalue weighted by atomic mass is 14.3. The van der Waals surface area contributed by atoms with Gasteiger partial charge in [-0.05, 0) is 94.0 Å². The van der Waals surface area contributed by atoms with Crippen LogP contribution in [0.3, 0.4) is 0 Å². The molecule has 136 valence electrons. The fraction of sp³-hybridized carbons (Fsp3) is 0.385. The van der Waals surface area contributed by atoms with Crippen molar-refractivity contribution in [3.05, 3.63) is 82.9 Å². The Hall–Kier alpha value is -2.26. The highest BCUT2D eigenvalue weighted by Crippen LogP contribution is 2.37. The minimum absolute atomic E-state index is 0. The third-order valence-corrected chi connectivity index (χ3v) is 5.61. The van der Waals surface area contributed by atoms with Crippen molar-refractivity contribution in [3.8, 4) is 11.8 Å². The molecule has 0 radical (unpaired) electrons. The van der Waals surface area contributed by atoms with Gasteiger partial charge in [-0.3, -0.25) is 0 Å². The summed E-state index contributed by atoms with van der Waals surface area (Å²) in [6, 6.07) is 17.4. The average molecular weight is 345 g/mol. The summed E-state index contributed by atoms with van der Waals surface area (Å²) in [6.07, 6.45) is 12.6. The van der Waals surface area contributed by atoms with E-state index in [-0.39, 0.29) is 1.43 Å². The molecule has 0 nitrogen and oxygen atoms in total. The monoisotopic (exact) mass is 344 g/mol. The molecule has 1 fully saturated rings. The van der Waals surface area contributed by atoms with Crippen LogP contribution in [-0.2, 0) is 0 Å². The van der Waals surface area contributed by atoms with Crippen molar-refractivity contribution in [2.45, 2.75) is 58.3 Å². The SMILES string of the molecule is C/C=C/CCC1CCC(c2ccc(C#Cc3ccc(C)cc3)cc2)CC1.[HH]. The van der Waals surface area contributed by atoms with Gasteiger partial charge in [0.05, 0.1) is 0 Å². The Kier molecular flexibility index (Phi) is 6.73. The van der Waals surface area contributed by atoms with Crippen molar-refractivity contribution in [2.24, 2.45) is 5.92 Å². The highest BCUT2D eigenvalue weighted by Gasteiger charge is 2.21. The maximum Gasteiger partial charge on any atom is 0.0249 e. The third kappa shape index (κ3) is 5.37. The van der Waals surface area contributed by atoms with Gasteiger partial charge in [0.25, 0.3) is 0 Å². The van der Waals surface area contributed by atoms with Crippen LogP contribution >= 0.6 is 0 Å². The molecule has 0 heteroatoms. The van der Waals surface area contributed by atoms with E-state index in [0.29, 0.717) is 0 Å². The standard InChI is InChI=1S/C26H30.H2/c1-3-4-5-6-22-13-17-25(18-14-22)26-19-15-24(16-20-26)12-11-23-9-7-21(2)8-10-23;/h3-4,7-10,15-16,19-20,22,25H,5-6,13-14,17-18H2,1-2H3;1H/b4-3+;. The van der Waals surface area contributed by atoms with Crippen LogP contribution < -0.4 is 0 Å². The van der Waals surface area contributed by atoms with Crippen LogP contribution in [0.2, 0.25) is 0 Å².